The van der Waals surface area contributed by atoms with Crippen molar-refractivity contribution in [3.8, 4) is 0 Å². The second kappa shape index (κ2) is 7.22. The molecular weight excluding hydrogens is 288 g/mol. The Hall–Kier alpha value is -2.43. The van der Waals surface area contributed by atoms with E-state index in [4.69, 9.17) is 0 Å². The van der Waals surface area contributed by atoms with Crippen LogP contribution in [0.1, 0.15) is 41.3 Å². The molecule has 0 bridgehead atoms. The van der Waals surface area contributed by atoms with Gasteiger partial charge >= 0.3 is 0 Å². The number of hydrogen-bond donors (Lipinski definition) is 2. The zero-order valence-corrected chi connectivity index (χ0v) is 14.4. The summed E-state index contributed by atoms with van der Waals surface area (Å²) < 4.78 is 0. The molecule has 0 unspecified atom stereocenters. The third-order valence-corrected chi connectivity index (χ3v) is 3.24. The first-order chi connectivity index (χ1) is 10.8. The molecule has 2 aromatic rings. The maximum Gasteiger partial charge on any atom is 0.270 e. The summed E-state index contributed by atoms with van der Waals surface area (Å²) in [6.45, 7) is 10.6. The Kier molecular flexibility index (Phi) is 5.32. The van der Waals surface area contributed by atoms with Gasteiger partial charge in [0.2, 0.25) is 0 Å². The Morgan fingerprint density at radius 1 is 1.04 bits per heavy atom. The molecule has 122 valence electrons. The van der Waals surface area contributed by atoms with Gasteiger partial charge in [0.15, 0.2) is 0 Å². The van der Waals surface area contributed by atoms with Gasteiger partial charge in [0.1, 0.15) is 17.3 Å². The van der Waals surface area contributed by atoms with E-state index in [1.165, 1.54) is 11.1 Å². The van der Waals surface area contributed by atoms with Gasteiger partial charge in [-0.1, -0.05) is 19.9 Å². The van der Waals surface area contributed by atoms with E-state index in [2.05, 4.69) is 40.5 Å². The number of nitrogens with one attached hydrogen (secondary N) is 2. The molecule has 0 saturated carbocycles. The molecule has 0 spiro atoms. The van der Waals surface area contributed by atoms with Crippen LogP contribution in [0.25, 0.3) is 0 Å². The third-order valence-electron chi connectivity index (χ3n) is 3.24. The molecule has 2 rings (SSSR count). The number of rotatable bonds is 5. The highest BCUT2D eigenvalue weighted by Gasteiger charge is 2.11. The van der Waals surface area contributed by atoms with E-state index in [1.54, 1.807) is 13.0 Å². The second-order valence-corrected chi connectivity index (χ2v) is 6.29. The van der Waals surface area contributed by atoms with E-state index >= 15 is 0 Å². The molecule has 2 N–H and O–H groups in total. The van der Waals surface area contributed by atoms with Crippen LogP contribution in [-0.2, 0) is 0 Å². The fraction of sp³-hybridized carbons (Fsp3) is 0.389. The number of nitrogens with zero attached hydrogens (tertiary/aromatic N) is 2. The topological polar surface area (TPSA) is 66.9 Å². The van der Waals surface area contributed by atoms with Gasteiger partial charge in [-0.3, -0.25) is 4.79 Å². The quantitative estimate of drug-likeness (QED) is 0.886. The molecule has 0 aliphatic rings. The lowest BCUT2D eigenvalue weighted by Crippen LogP contribution is -2.28. The number of carbonyl (C=O) groups is 1. The summed E-state index contributed by atoms with van der Waals surface area (Å²) in [5.74, 6) is 1.41. The van der Waals surface area contributed by atoms with Gasteiger partial charge in [-0.25, -0.2) is 9.97 Å². The summed E-state index contributed by atoms with van der Waals surface area (Å²) in [4.78, 5) is 20.8. The van der Waals surface area contributed by atoms with Crippen molar-refractivity contribution in [2.45, 2.75) is 34.6 Å². The minimum atomic E-state index is -0.173. The van der Waals surface area contributed by atoms with E-state index in [-0.39, 0.29) is 5.91 Å². The highest BCUT2D eigenvalue weighted by atomic mass is 16.1. The van der Waals surface area contributed by atoms with Crippen LogP contribution in [0.4, 0.5) is 11.5 Å². The molecule has 0 aliphatic heterocycles. The van der Waals surface area contributed by atoms with E-state index < -0.39 is 0 Å². The molecule has 0 aliphatic carbocycles. The highest BCUT2D eigenvalue weighted by molar-refractivity contribution is 5.93. The minimum absolute atomic E-state index is 0.173. The average molecular weight is 312 g/mol. The third kappa shape index (κ3) is 5.06. The van der Waals surface area contributed by atoms with Crippen LogP contribution < -0.4 is 10.6 Å². The normalized spacial score (nSPS) is 10.7. The first kappa shape index (κ1) is 16.9. The summed E-state index contributed by atoms with van der Waals surface area (Å²) >= 11 is 0. The molecule has 1 aromatic heterocycles. The number of hydrogen-bond acceptors (Lipinski definition) is 4. The largest absolute Gasteiger partial charge is 0.350 e. The fourth-order valence-electron chi connectivity index (χ4n) is 2.33. The van der Waals surface area contributed by atoms with Crippen molar-refractivity contribution in [2.75, 3.05) is 11.9 Å². The zero-order chi connectivity index (χ0) is 17.0. The van der Waals surface area contributed by atoms with E-state index in [1.807, 2.05) is 26.0 Å². The lowest BCUT2D eigenvalue weighted by Gasteiger charge is -2.11. The van der Waals surface area contributed by atoms with Crippen LogP contribution in [0.5, 0.6) is 0 Å². The first-order valence-corrected chi connectivity index (χ1v) is 7.82. The highest BCUT2D eigenvalue weighted by Crippen LogP contribution is 2.19. The van der Waals surface area contributed by atoms with Crippen molar-refractivity contribution in [1.29, 1.82) is 0 Å². The van der Waals surface area contributed by atoms with Crippen molar-refractivity contribution in [3.63, 3.8) is 0 Å². The standard InChI is InChI=1S/C18H24N4O/c1-11(2)10-19-18(23)16-9-17(21-14(5)20-16)22-15-7-12(3)6-13(4)8-15/h6-9,11H,10H2,1-5H3,(H,19,23)(H,20,21,22). The van der Waals surface area contributed by atoms with Gasteiger partial charge < -0.3 is 10.6 Å². The lowest BCUT2D eigenvalue weighted by molar-refractivity contribution is 0.0943. The minimum Gasteiger partial charge on any atom is -0.350 e. The van der Waals surface area contributed by atoms with Gasteiger partial charge in [-0.2, -0.15) is 0 Å². The summed E-state index contributed by atoms with van der Waals surface area (Å²) in [5, 5.41) is 6.13. The first-order valence-electron chi connectivity index (χ1n) is 7.82. The number of benzene rings is 1. The monoisotopic (exact) mass is 312 g/mol. The van der Waals surface area contributed by atoms with Crippen LogP contribution in [0.15, 0.2) is 24.3 Å². The molecule has 0 atom stereocenters. The Morgan fingerprint density at radius 3 is 2.30 bits per heavy atom. The summed E-state index contributed by atoms with van der Waals surface area (Å²) in [5.41, 5.74) is 3.68. The molecule has 23 heavy (non-hydrogen) atoms. The molecular formula is C18H24N4O. The lowest BCUT2D eigenvalue weighted by atomic mass is 10.1. The van der Waals surface area contributed by atoms with E-state index in [9.17, 15) is 4.79 Å². The van der Waals surface area contributed by atoms with Gasteiger partial charge in [-0.05, 0) is 49.9 Å². The Bertz CT molecular complexity index is 690. The molecule has 5 heteroatoms. The Morgan fingerprint density at radius 2 is 1.70 bits per heavy atom. The van der Waals surface area contributed by atoms with Gasteiger partial charge in [0.25, 0.3) is 5.91 Å². The van der Waals surface area contributed by atoms with Gasteiger partial charge in [0.05, 0.1) is 0 Å². The van der Waals surface area contributed by atoms with Crippen LogP contribution in [-0.4, -0.2) is 22.4 Å². The molecule has 0 saturated heterocycles. The van der Waals surface area contributed by atoms with Gasteiger partial charge in [-0.15, -0.1) is 0 Å². The van der Waals surface area contributed by atoms with Crippen molar-refractivity contribution in [3.05, 3.63) is 46.9 Å². The molecule has 1 amide bonds. The van der Waals surface area contributed by atoms with Crippen LogP contribution in [0.2, 0.25) is 0 Å². The van der Waals surface area contributed by atoms with Crippen LogP contribution in [0, 0.1) is 26.7 Å². The van der Waals surface area contributed by atoms with E-state index in [0.29, 0.717) is 29.8 Å². The predicted octanol–water partition coefficient (Wildman–Crippen LogP) is 3.53. The van der Waals surface area contributed by atoms with Crippen molar-refractivity contribution in [1.82, 2.24) is 15.3 Å². The van der Waals surface area contributed by atoms with E-state index in [0.717, 1.165) is 5.69 Å². The SMILES string of the molecule is Cc1cc(C)cc(Nc2cc(C(=O)NCC(C)C)nc(C)n2)c1. The smallest absolute Gasteiger partial charge is 0.270 e. The number of aromatic nitrogens is 2. The molecule has 1 heterocycles. The summed E-state index contributed by atoms with van der Waals surface area (Å²) in [6.07, 6.45) is 0. The summed E-state index contributed by atoms with van der Waals surface area (Å²) in [7, 11) is 0. The van der Waals surface area contributed by atoms with Crippen molar-refractivity contribution >= 4 is 17.4 Å². The maximum atomic E-state index is 12.2. The van der Waals surface area contributed by atoms with Gasteiger partial charge in [0, 0.05) is 18.3 Å². The summed E-state index contributed by atoms with van der Waals surface area (Å²) in [6, 6.07) is 7.88. The average Bonchev–Trinajstić information content (AvgIpc) is 2.42. The Balaban J connectivity index is 2.21. The molecule has 0 fully saturated rings. The molecule has 0 radical (unpaired) electrons. The number of aryl methyl sites for hydroxylation is 3. The molecule has 5 nitrogen and oxygen atoms in total. The van der Waals surface area contributed by atoms with Crippen LogP contribution in [0.3, 0.4) is 0 Å². The number of carbonyl (C=O) groups excluding carboxylic acids is 1. The number of anilines is 2. The van der Waals surface area contributed by atoms with Crippen molar-refractivity contribution in [2.24, 2.45) is 5.92 Å². The van der Waals surface area contributed by atoms with Crippen molar-refractivity contribution < 1.29 is 4.79 Å². The Labute approximate surface area is 137 Å². The maximum absolute atomic E-state index is 12.2. The second-order valence-electron chi connectivity index (χ2n) is 6.29. The van der Waals surface area contributed by atoms with Crippen LogP contribution >= 0.6 is 0 Å². The predicted molar refractivity (Wildman–Crippen MR) is 93.1 cm³/mol. The fourth-order valence-corrected chi connectivity index (χ4v) is 2.33. The zero-order valence-electron chi connectivity index (χ0n) is 14.4. The number of amides is 1. The molecule has 1 aromatic carbocycles.